The molecule has 0 bridgehead atoms. The molecule has 1 unspecified atom stereocenters. The molecule has 0 amide bonds. The highest BCUT2D eigenvalue weighted by atomic mass is 16.5. The van der Waals surface area contributed by atoms with Gasteiger partial charge in [0.25, 0.3) is 0 Å². The minimum atomic E-state index is 0.243. The van der Waals surface area contributed by atoms with E-state index in [0.717, 1.165) is 31.1 Å². The van der Waals surface area contributed by atoms with E-state index in [0.29, 0.717) is 6.61 Å². The van der Waals surface area contributed by atoms with Gasteiger partial charge >= 0.3 is 0 Å². The molecule has 98 valence electrons. The predicted octanol–water partition coefficient (Wildman–Crippen LogP) is 3.28. The Hall–Kier alpha value is -0.800. The minimum Gasteiger partial charge on any atom is -0.466 e. The van der Waals surface area contributed by atoms with Gasteiger partial charge in [0.1, 0.15) is 11.5 Å². The summed E-state index contributed by atoms with van der Waals surface area (Å²) in [6, 6.07) is 0.243. The summed E-state index contributed by atoms with van der Waals surface area (Å²) < 4.78 is 11.3. The average Bonchev–Trinajstić information content (AvgIpc) is 2.55. The van der Waals surface area contributed by atoms with Crippen molar-refractivity contribution in [3.63, 3.8) is 0 Å². The normalized spacial score (nSPS) is 13.0. The first-order chi connectivity index (χ1) is 8.11. The maximum atomic E-state index is 5.69. The standard InChI is InChI=1S/C14H25NO2/c1-6-8-15-13(9-16-7-2)14-10(3)11(4)17-12(14)5/h13,15H,6-9H2,1-5H3. The molecule has 1 heterocycles. The fourth-order valence-corrected chi connectivity index (χ4v) is 2.12. The SMILES string of the molecule is CCCNC(COCC)c1c(C)oc(C)c1C. The van der Waals surface area contributed by atoms with Crippen molar-refractivity contribution in [1.82, 2.24) is 5.32 Å². The topological polar surface area (TPSA) is 34.4 Å². The average molecular weight is 239 g/mol. The molecule has 0 aliphatic rings. The van der Waals surface area contributed by atoms with E-state index in [2.05, 4.69) is 19.2 Å². The molecular formula is C14H25NO2. The van der Waals surface area contributed by atoms with Gasteiger partial charge in [-0.05, 0) is 46.2 Å². The van der Waals surface area contributed by atoms with Crippen LogP contribution in [0, 0.1) is 20.8 Å². The van der Waals surface area contributed by atoms with Gasteiger partial charge in [-0.1, -0.05) is 6.92 Å². The first-order valence-electron chi connectivity index (χ1n) is 6.49. The first-order valence-corrected chi connectivity index (χ1v) is 6.49. The van der Waals surface area contributed by atoms with E-state index in [1.165, 1.54) is 11.1 Å². The summed E-state index contributed by atoms with van der Waals surface area (Å²) in [5.74, 6) is 2.02. The van der Waals surface area contributed by atoms with E-state index in [4.69, 9.17) is 9.15 Å². The molecule has 0 spiro atoms. The smallest absolute Gasteiger partial charge is 0.106 e. The van der Waals surface area contributed by atoms with Crippen LogP contribution >= 0.6 is 0 Å². The Morgan fingerprint density at radius 1 is 1.18 bits per heavy atom. The second-order valence-corrected chi connectivity index (χ2v) is 4.42. The molecule has 0 aromatic carbocycles. The molecular weight excluding hydrogens is 214 g/mol. The third-order valence-electron chi connectivity index (χ3n) is 3.10. The van der Waals surface area contributed by atoms with Crippen molar-refractivity contribution >= 4 is 0 Å². The quantitative estimate of drug-likeness (QED) is 0.793. The molecule has 0 aliphatic carbocycles. The van der Waals surface area contributed by atoms with Crippen LogP contribution in [0.15, 0.2) is 4.42 Å². The second-order valence-electron chi connectivity index (χ2n) is 4.42. The third-order valence-corrected chi connectivity index (χ3v) is 3.10. The molecule has 3 nitrogen and oxygen atoms in total. The number of hydrogen-bond acceptors (Lipinski definition) is 3. The van der Waals surface area contributed by atoms with Gasteiger partial charge < -0.3 is 14.5 Å². The van der Waals surface area contributed by atoms with Crippen molar-refractivity contribution in [3.8, 4) is 0 Å². The minimum absolute atomic E-state index is 0.243. The molecule has 0 saturated carbocycles. The Bertz CT molecular complexity index is 336. The molecule has 0 saturated heterocycles. The zero-order valence-corrected chi connectivity index (χ0v) is 11.7. The van der Waals surface area contributed by atoms with Crippen molar-refractivity contribution in [2.75, 3.05) is 19.8 Å². The summed E-state index contributed by atoms with van der Waals surface area (Å²) in [5.41, 5.74) is 2.51. The third kappa shape index (κ3) is 3.58. The zero-order valence-electron chi connectivity index (χ0n) is 11.7. The molecule has 1 atom stereocenters. The van der Waals surface area contributed by atoms with Crippen LogP contribution in [0.1, 0.15) is 49.0 Å². The van der Waals surface area contributed by atoms with Gasteiger partial charge in [0.2, 0.25) is 0 Å². The number of ether oxygens (including phenoxy) is 1. The van der Waals surface area contributed by atoms with Crippen LogP contribution in [0.25, 0.3) is 0 Å². The lowest BCUT2D eigenvalue weighted by atomic mass is 10.0. The van der Waals surface area contributed by atoms with Crippen LogP contribution in [-0.2, 0) is 4.74 Å². The second kappa shape index (κ2) is 6.82. The van der Waals surface area contributed by atoms with Gasteiger partial charge in [-0.3, -0.25) is 0 Å². The van der Waals surface area contributed by atoms with Crippen LogP contribution in [0.3, 0.4) is 0 Å². The van der Waals surface area contributed by atoms with Gasteiger partial charge in [0.05, 0.1) is 12.6 Å². The molecule has 0 fully saturated rings. The zero-order chi connectivity index (χ0) is 12.8. The number of aryl methyl sites for hydroxylation is 2. The monoisotopic (exact) mass is 239 g/mol. The molecule has 17 heavy (non-hydrogen) atoms. The van der Waals surface area contributed by atoms with Crippen LogP contribution in [0.5, 0.6) is 0 Å². The highest BCUT2D eigenvalue weighted by Crippen LogP contribution is 2.27. The lowest BCUT2D eigenvalue weighted by Gasteiger charge is -2.19. The summed E-state index contributed by atoms with van der Waals surface area (Å²) >= 11 is 0. The number of hydrogen-bond donors (Lipinski definition) is 1. The molecule has 1 N–H and O–H groups in total. The van der Waals surface area contributed by atoms with E-state index in [-0.39, 0.29) is 6.04 Å². The van der Waals surface area contributed by atoms with Gasteiger partial charge in [0.15, 0.2) is 0 Å². The lowest BCUT2D eigenvalue weighted by Crippen LogP contribution is -2.27. The van der Waals surface area contributed by atoms with Crippen LogP contribution in [0.4, 0.5) is 0 Å². The lowest BCUT2D eigenvalue weighted by molar-refractivity contribution is 0.122. The maximum absolute atomic E-state index is 5.69. The Kier molecular flexibility index (Phi) is 5.72. The Labute approximate surface area is 105 Å². The van der Waals surface area contributed by atoms with E-state index in [1.807, 2.05) is 20.8 Å². The van der Waals surface area contributed by atoms with E-state index >= 15 is 0 Å². The summed E-state index contributed by atoms with van der Waals surface area (Å²) in [5, 5.41) is 3.53. The first kappa shape index (κ1) is 14.3. The van der Waals surface area contributed by atoms with Gasteiger partial charge in [-0.25, -0.2) is 0 Å². The highest BCUT2D eigenvalue weighted by molar-refractivity contribution is 5.34. The summed E-state index contributed by atoms with van der Waals surface area (Å²) in [6.07, 6.45) is 1.12. The summed E-state index contributed by atoms with van der Waals surface area (Å²) in [7, 11) is 0. The van der Waals surface area contributed by atoms with E-state index in [1.54, 1.807) is 0 Å². The van der Waals surface area contributed by atoms with Crippen molar-refractivity contribution in [2.45, 2.75) is 47.1 Å². The summed E-state index contributed by atoms with van der Waals surface area (Å²) in [6.45, 7) is 12.8. The van der Waals surface area contributed by atoms with E-state index in [9.17, 15) is 0 Å². The molecule has 1 aromatic heterocycles. The van der Waals surface area contributed by atoms with E-state index < -0.39 is 0 Å². The molecule has 1 aromatic rings. The predicted molar refractivity (Wildman–Crippen MR) is 70.4 cm³/mol. The summed E-state index contributed by atoms with van der Waals surface area (Å²) in [4.78, 5) is 0. The van der Waals surface area contributed by atoms with Crippen LogP contribution in [0.2, 0.25) is 0 Å². The molecule has 1 rings (SSSR count). The van der Waals surface area contributed by atoms with Gasteiger partial charge in [-0.2, -0.15) is 0 Å². The van der Waals surface area contributed by atoms with Crippen molar-refractivity contribution in [2.24, 2.45) is 0 Å². The van der Waals surface area contributed by atoms with Crippen molar-refractivity contribution in [1.29, 1.82) is 0 Å². The van der Waals surface area contributed by atoms with Gasteiger partial charge in [-0.15, -0.1) is 0 Å². The van der Waals surface area contributed by atoms with Gasteiger partial charge in [0, 0.05) is 12.2 Å². The molecule has 0 radical (unpaired) electrons. The number of nitrogens with one attached hydrogen (secondary N) is 1. The Morgan fingerprint density at radius 3 is 2.35 bits per heavy atom. The number of furan rings is 1. The van der Waals surface area contributed by atoms with Crippen LogP contribution in [-0.4, -0.2) is 19.8 Å². The van der Waals surface area contributed by atoms with Crippen molar-refractivity contribution < 1.29 is 9.15 Å². The van der Waals surface area contributed by atoms with Crippen molar-refractivity contribution in [3.05, 3.63) is 22.6 Å². The molecule has 3 heteroatoms. The Balaban J connectivity index is 2.86. The molecule has 0 aliphatic heterocycles. The van der Waals surface area contributed by atoms with Crippen LogP contribution < -0.4 is 5.32 Å². The largest absolute Gasteiger partial charge is 0.466 e. The Morgan fingerprint density at radius 2 is 1.88 bits per heavy atom. The fraction of sp³-hybridized carbons (Fsp3) is 0.714. The highest BCUT2D eigenvalue weighted by Gasteiger charge is 2.20. The number of rotatable bonds is 7. The maximum Gasteiger partial charge on any atom is 0.106 e. The fourth-order valence-electron chi connectivity index (χ4n) is 2.12.